The molecule has 4 N–H and O–H groups in total. The van der Waals surface area contributed by atoms with Crippen molar-refractivity contribution in [2.24, 2.45) is 0 Å². The van der Waals surface area contributed by atoms with Crippen molar-refractivity contribution < 1.29 is 4.79 Å². The molecule has 0 bridgehead atoms. The van der Waals surface area contributed by atoms with E-state index in [-0.39, 0.29) is 5.91 Å². The fraction of sp³-hybridized carbons (Fsp3) is 0. The topological polar surface area (TPSA) is 110 Å². The van der Waals surface area contributed by atoms with Crippen molar-refractivity contribution in [1.82, 2.24) is 20.6 Å². The number of carbonyl (C=O) groups is 1. The van der Waals surface area contributed by atoms with Gasteiger partial charge in [-0.05, 0) is 41.6 Å². The van der Waals surface area contributed by atoms with E-state index < -0.39 is 0 Å². The summed E-state index contributed by atoms with van der Waals surface area (Å²) in [6, 6.07) is 13.9. The van der Waals surface area contributed by atoms with Crippen molar-refractivity contribution in [3.63, 3.8) is 0 Å². The number of rotatable bonds is 3. The molecule has 104 valence electrons. The van der Waals surface area contributed by atoms with Gasteiger partial charge in [0.1, 0.15) is 0 Å². The Labute approximate surface area is 120 Å². The highest BCUT2D eigenvalue weighted by molar-refractivity contribution is 6.06. The Morgan fingerprint density at radius 2 is 1.86 bits per heavy atom. The first kappa shape index (κ1) is 12.8. The highest BCUT2D eigenvalue weighted by Gasteiger charge is 2.12. The molecule has 0 unspecified atom stereocenters. The van der Waals surface area contributed by atoms with Gasteiger partial charge < -0.3 is 11.1 Å². The number of tetrazole rings is 1. The largest absolute Gasteiger partial charge is 0.399 e. The number of benzene rings is 2. The van der Waals surface area contributed by atoms with Gasteiger partial charge in [0.15, 0.2) is 0 Å². The molecule has 1 amide bonds. The molecule has 7 heteroatoms. The maximum Gasteiger partial charge on any atom is 0.255 e. The second-order valence-corrected chi connectivity index (χ2v) is 4.36. The SMILES string of the molecule is Nc1ccc(C(=O)Nc2ccccc2-c2nn[nH]n2)cc1. The normalized spacial score (nSPS) is 10.3. The summed E-state index contributed by atoms with van der Waals surface area (Å²) < 4.78 is 0. The Hall–Kier alpha value is -3.22. The zero-order chi connectivity index (χ0) is 14.7. The first-order valence-electron chi connectivity index (χ1n) is 6.24. The van der Waals surface area contributed by atoms with Gasteiger partial charge in [-0.2, -0.15) is 5.21 Å². The first-order valence-corrected chi connectivity index (χ1v) is 6.24. The predicted octanol–water partition coefficient (Wildman–Crippen LogP) is 1.70. The zero-order valence-electron chi connectivity index (χ0n) is 10.9. The maximum atomic E-state index is 12.2. The molecule has 0 radical (unpaired) electrons. The van der Waals surface area contributed by atoms with E-state index in [2.05, 4.69) is 25.9 Å². The molecule has 0 aliphatic rings. The first-order chi connectivity index (χ1) is 10.2. The van der Waals surface area contributed by atoms with Gasteiger partial charge in [-0.1, -0.05) is 12.1 Å². The summed E-state index contributed by atoms with van der Waals surface area (Å²) in [6.07, 6.45) is 0. The van der Waals surface area contributed by atoms with Gasteiger partial charge in [0.2, 0.25) is 5.82 Å². The Kier molecular flexibility index (Phi) is 3.30. The number of nitrogen functional groups attached to an aromatic ring is 1. The van der Waals surface area contributed by atoms with Crippen molar-refractivity contribution in [2.45, 2.75) is 0 Å². The summed E-state index contributed by atoms with van der Waals surface area (Å²) in [4.78, 5) is 12.2. The van der Waals surface area contributed by atoms with E-state index in [0.29, 0.717) is 28.3 Å². The Morgan fingerprint density at radius 1 is 1.10 bits per heavy atom. The Morgan fingerprint density at radius 3 is 2.57 bits per heavy atom. The van der Waals surface area contributed by atoms with Crippen LogP contribution in [0.5, 0.6) is 0 Å². The third-order valence-corrected chi connectivity index (χ3v) is 2.93. The number of amides is 1. The van der Waals surface area contributed by atoms with E-state index in [1.54, 1.807) is 30.3 Å². The summed E-state index contributed by atoms with van der Waals surface area (Å²) >= 11 is 0. The second-order valence-electron chi connectivity index (χ2n) is 4.36. The van der Waals surface area contributed by atoms with Crippen molar-refractivity contribution in [1.29, 1.82) is 0 Å². The second kappa shape index (κ2) is 5.41. The number of hydrogen-bond donors (Lipinski definition) is 3. The molecule has 7 nitrogen and oxygen atoms in total. The average Bonchev–Trinajstić information content (AvgIpc) is 3.02. The van der Waals surface area contributed by atoms with E-state index in [1.807, 2.05) is 18.2 Å². The minimum absolute atomic E-state index is 0.231. The standard InChI is InChI=1S/C14H12N6O/c15-10-7-5-9(6-8-10)14(21)16-12-4-2-1-3-11(12)13-17-19-20-18-13/h1-8H,15H2,(H,16,21)(H,17,18,19,20). The summed E-state index contributed by atoms with van der Waals surface area (Å²) in [5, 5.41) is 16.6. The maximum absolute atomic E-state index is 12.2. The molecular formula is C14H12N6O. The number of nitrogens with zero attached hydrogens (tertiary/aromatic N) is 3. The van der Waals surface area contributed by atoms with Gasteiger partial charge in [0.25, 0.3) is 5.91 Å². The van der Waals surface area contributed by atoms with Crippen LogP contribution in [0.25, 0.3) is 11.4 Å². The van der Waals surface area contributed by atoms with Gasteiger partial charge in [-0.3, -0.25) is 4.79 Å². The van der Waals surface area contributed by atoms with Crippen LogP contribution in [-0.2, 0) is 0 Å². The minimum atomic E-state index is -0.231. The number of anilines is 2. The molecular weight excluding hydrogens is 268 g/mol. The number of para-hydroxylation sites is 1. The average molecular weight is 280 g/mol. The minimum Gasteiger partial charge on any atom is -0.399 e. The van der Waals surface area contributed by atoms with Crippen molar-refractivity contribution >= 4 is 17.3 Å². The lowest BCUT2D eigenvalue weighted by Crippen LogP contribution is -2.12. The van der Waals surface area contributed by atoms with Crippen LogP contribution in [0.1, 0.15) is 10.4 Å². The fourth-order valence-corrected chi connectivity index (χ4v) is 1.89. The summed E-state index contributed by atoms with van der Waals surface area (Å²) in [7, 11) is 0. The van der Waals surface area contributed by atoms with Crippen molar-refractivity contribution in [3.8, 4) is 11.4 Å². The molecule has 21 heavy (non-hydrogen) atoms. The van der Waals surface area contributed by atoms with Crippen LogP contribution < -0.4 is 11.1 Å². The quantitative estimate of drug-likeness (QED) is 0.632. The highest BCUT2D eigenvalue weighted by atomic mass is 16.1. The molecule has 0 spiro atoms. The third-order valence-electron chi connectivity index (χ3n) is 2.93. The monoisotopic (exact) mass is 280 g/mol. The summed E-state index contributed by atoms with van der Waals surface area (Å²) in [5.74, 6) is 0.189. The van der Waals surface area contributed by atoms with E-state index in [9.17, 15) is 4.79 Å². The van der Waals surface area contributed by atoms with E-state index in [4.69, 9.17) is 5.73 Å². The Bertz CT molecular complexity index is 751. The summed E-state index contributed by atoms with van der Waals surface area (Å²) in [5.41, 5.74) is 8.04. The highest BCUT2D eigenvalue weighted by Crippen LogP contribution is 2.24. The van der Waals surface area contributed by atoms with Gasteiger partial charge in [0.05, 0.1) is 5.69 Å². The molecule has 2 aromatic carbocycles. The number of nitrogens with one attached hydrogen (secondary N) is 2. The van der Waals surface area contributed by atoms with Crippen LogP contribution in [-0.4, -0.2) is 26.5 Å². The zero-order valence-corrected chi connectivity index (χ0v) is 10.9. The van der Waals surface area contributed by atoms with Crippen LogP contribution in [0.3, 0.4) is 0 Å². The lowest BCUT2D eigenvalue weighted by Gasteiger charge is -2.08. The van der Waals surface area contributed by atoms with E-state index in [0.717, 1.165) is 0 Å². The molecule has 3 rings (SSSR count). The number of carbonyl (C=O) groups excluding carboxylic acids is 1. The van der Waals surface area contributed by atoms with Crippen LogP contribution in [0.4, 0.5) is 11.4 Å². The molecule has 0 aliphatic carbocycles. The fourth-order valence-electron chi connectivity index (χ4n) is 1.89. The van der Waals surface area contributed by atoms with Gasteiger partial charge in [-0.25, -0.2) is 0 Å². The van der Waals surface area contributed by atoms with E-state index >= 15 is 0 Å². The predicted molar refractivity (Wildman–Crippen MR) is 78.4 cm³/mol. The number of H-pyrrole nitrogens is 1. The molecule has 0 saturated carbocycles. The summed E-state index contributed by atoms with van der Waals surface area (Å²) in [6.45, 7) is 0. The van der Waals surface area contributed by atoms with Crippen LogP contribution >= 0.6 is 0 Å². The molecule has 1 heterocycles. The molecule has 0 atom stereocenters. The number of aromatic nitrogens is 4. The van der Waals surface area contributed by atoms with Crippen LogP contribution in [0, 0.1) is 0 Å². The van der Waals surface area contributed by atoms with Crippen molar-refractivity contribution in [3.05, 3.63) is 54.1 Å². The molecule has 0 saturated heterocycles. The van der Waals surface area contributed by atoms with E-state index in [1.165, 1.54) is 0 Å². The Balaban J connectivity index is 1.88. The van der Waals surface area contributed by atoms with Gasteiger partial charge in [-0.15, -0.1) is 10.2 Å². The van der Waals surface area contributed by atoms with Crippen LogP contribution in [0.2, 0.25) is 0 Å². The smallest absolute Gasteiger partial charge is 0.255 e. The molecule has 0 aliphatic heterocycles. The molecule has 0 fully saturated rings. The number of aromatic amines is 1. The molecule has 1 aromatic heterocycles. The lowest BCUT2D eigenvalue weighted by atomic mass is 10.1. The lowest BCUT2D eigenvalue weighted by molar-refractivity contribution is 0.102. The van der Waals surface area contributed by atoms with Crippen LogP contribution in [0.15, 0.2) is 48.5 Å². The molecule has 3 aromatic rings. The third kappa shape index (κ3) is 2.71. The van der Waals surface area contributed by atoms with Crippen molar-refractivity contribution in [2.75, 3.05) is 11.1 Å². The van der Waals surface area contributed by atoms with Gasteiger partial charge in [0, 0.05) is 16.8 Å². The number of nitrogens with two attached hydrogens (primary N) is 1. The number of hydrogen-bond acceptors (Lipinski definition) is 5. The van der Waals surface area contributed by atoms with Gasteiger partial charge >= 0.3 is 0 Å².